The number of rotatable bonds is 5. The van der Waals surface area contributed by atoms with Crippen LogP contribution in [-0.2, 0) is 13.0 Å². The molecule has 0 N–H and O–H groups in total. The molecule has 5 nitrogen and oxygen atoms in total. The summed E-state index contributed by atoms with van der Waals surface area (Å²) in [5.74, 6) is 0.321. The second kappa shape index (κ2) is 5.91. The van der Waals surface area contributed by atoms with Crippen molar-refractivity contribution >= 4 is 0 Å². The van der Waals surface area contributed by atoms with Gasteiger partial charge in [-0.1, -0.05) is 13.8 Å². The Bertz CT molecular complexity index is 612. The molecule has 0 saturated heterocycles. The van der Waals surface area contributed by atoms with Crippen molar-refractivity contribution in [1.82, 2.24) is 19.6 Å². The van der Waals surface area contributed by atoms with Crippen LogP contribution in [0.3, 0.4) is 0 Å². The Labute approximate surface area is 119 Å². The van der Waals surface area contributed by atoms with E-state index in [1.54, 1.807) is 0 Å². The van der Waals surface area contributed by atoms with Crippen molar-refractivity contribution in [3.05, 3.63) is 35.4 Å². The van der Waals surface area contributed by atoms with Crippen LogP contribution < -0.4 is 0 Å². The number of nitriles is 1. The highest BCUT2D eigenvalue weighted by atomic mass is 15.3. The van der Waals surface area contributed by atoms with Crippen molar-refractivity contribution < 1.29 is 0 Å². The third kappa shape index (κ3) is 3.08. The van der Waals surface area contributed by atoms with Crippen molar-refractivity contribution in [2.24, 2.45) is 0 Å². The zero-order valence-corrected chi connectivity index (χ0v) is 12.5. The van der Waals surface area contributed by atoms with E-state index in [1.165, 1.54) is 5.56 Å². The van der Waals surface area contributed by atoms with Crippen LogP contribution in [0, 0.1) is 11.3 Å². The first-order valence-corrected chi connectivity index (χ1v) is 7.01. The summed E-state index contributed by atoms with van der Waals surface area (Å²) >= 11 is 0. The maximum absolute atomic E-state index is 9.09. The first-order chi connectivity index (χ1) is 9.51. The highest BCUT2D eigenvalue weighted by molar-refractivity contribution is 5.31. The molecule has 0 spiro atoms. The summed E-state index contributed by atoms with van der Waals surface area (Å²) in [6.45, 7) is 9.14. The summed E-state index contributed by atoms with van der Waals surface area (Å²) in [7, 11) is 0. The highest BCUT2D eigenvalue weighted by Crippen LogP contribution is 2.17. The summed E-state index contributed by atoms with van der Waals surface area (Å²) < 4.78 is 3.82. The Kier molecular flexibility index (Phi) is 4.23. The lowest BCUT2D eigenvalue weighted by Crippen LogP contribution is -2.02. The highest BCUT2D eigenvalue weighted by Gasteiger charge is 2.11. The molecule has 0 atom stereocenters. The predicted octanol–water partition coefficient (Wildman–Crippen LogP) is 2.90. The van der Waals surface area contributed by atoms with Gasteiger partial charge in [-0.2, -0.15) is 15.5 Å². The van der Waals surface area contributed by atoms with E-state index in [0.717, 1.165) is 18.5 Å². The zero-order chi connectivity index (χ0) is 14.7. The molecule has 20 heavy (non-hydrogen) atoms. The van der Waals surface area contributed by atoms with Crippen molar-refractivity contribution in [3.8, 4) is 6.07 Å². The van der Waals surface area contributed by atoms with Gasteiger partial charge in [-0.3, -0.25) is 9.36 Å². The Balaban J connectivity index is 2.05. The van der Waals surface area contributed by atoms with E-state index < -0.39 is 0 Å². The van der Waals surface area contributed by atoms with Crippen LogP contribution in [0.1, 0.15) is 56.5 Å². The third-order valence-electron chi connectivity index (χ3n) is 3.33. The molecule has 106 valence electrons. The Hall–Kier alpha value is -2.09. The normalized spacial score (nSPS) is 11.2. The lowest BCUT2D eigenvalue weighted by atomic mass is 10.1. The lowest BCUT2D eigenvalue weighted by Gasteiger charge is -2.03. The molecule has 0 radical (unpaired) electrons. The van der Waals surface area contributed by atoms with Gasteiger partial charge >= 0.3 is 0 Å². The van der Waals surface area contributed by atoms with Crippen molar-refractivity contribution in [2.45, 2.75) is 52.6 Å². The average Bonchev–Trinajstić information content (AvgIpc) is 3.03. The quantitative estimate of drug-likeness (QED) is 0.840. The summed E-state index contributed by atoms with van der Waals surface area (Å²) in [4.78, 5) is 0. The molecule has 0 aliphatic carbocycles. The van der Waals surface area contributed by atoms with Crippen molar-refractivity contribution in [2.75, 3.05) is 0 Å². The first kappa shape index (κ1) is 14.3. The van der Waals surface area contributed by atoms with Gasteiger partial charge in [0.15, 0.2) is 5.69 Å². The molecule has 0 unspecified atom stereocenters. The smallest absolute Gasteiger partial charge is 0.165 e. The first-order valence-electron chi connectivity index (χ1n) is 7.01. The molecular weight excluding hydrogens is 250 g/mol. The molecule has 2 heterocycles. The number of hydrogen-bond acceptors (Lipinski definition) is 3. The fraction of sp³-hybridized carbons (Fsp3) is 0.533. The van der Waals surface area contributed by atoms with Crippen molar-refractivity contribution in [1.29, 1.82) is 5.26 Å². The van der Waals surface area contributed by atoms with E-state index in [9.17, 15) is 0 Å². The van der Waals surface area contributed by atoms with E-state index in [4.69, 9.17) is 5.26 Å². The van der Waals surface area contributed by atoms with Gasteiger partial charge in [0.1, 0.15) is 6.07 Å². The molecule has 0 saturated carbocycles. The van der Waals surface area contributed by atoms with E-state index in [1.807, 2.05) is 21.8 Å². The second-order valence-electron chi connectivity index (χ2n) is 5.63. The molecule has 0 amide bonds. The SMILES string of the molecule is CC(C)c1cn(CCc2cnn(C(C)C)c2)nc1C#N. The Morgan fingerprint density at radius 2 is 2.00 bits per heavy atom. The van der Waals surface area contributed by atoms with E-state index in [0.29, 0.717) is 17.7 Å². The van der Waals surface area contributed by atoms with Gasteiger partial charge in [0, 0.05) is 30.5 Å². The zero-order valence-electron chi connectivity index (χ0n) is 12.5. The van der Waals surface area contributed by atoms with Crippen molar-refractivity contribution in [3.63, 3.8) is 0 Å². The average molecular weight is 271 g/mol. The molecule has 0 aliphatic rings. The van der Waals surface area contributed by atoms with Gasteiger partial charge in [-0.15, -0.1) is 0 Å². The van der Waals surface area contributed by atoms with Crippen LogP contribution in [0.15, 0.2) is 18.6 Å². The topological polar surface area (TPSA) is 59.4 Å². The van der Waals surface area contributed by atoms with Crippen LogP contribution in [0.5, 0.6) is 0 Å². The fourth-order valence-electron chi connectivity index (χ4n) is 2.09. The minimum atomic E-state index is 0.321. The standard InChI is InChI=1S/C15H21N5/c1-11(2)14-10-19(18-15(14)7-16)6-5-13-8-17-20(9-13)12(3)4/h8-12H,5-6H2,1-4H3. The van der Waals surface area contributed by atoms with Gasteiger partial charge in [0.2, 0.25) is 0 Å². The van der Waals surface area contributed by atoms with Crippen LogP contribution in [0.4, 0.5) is 0 Å². The van der Waals surface area contributed by atoms with Gasteiger partial charge in [0.05, 0.1) is 6.20 Å². The Morgan fingerprint density at radius 3 is 2.50 bits per heavy atom. The number of nitrogens with zero attached hydrogens (tertiary/aromatic N) is 5. The number of aryl methyl sites for hydroxylation is 2. The minimum Gasteiger partial charge on any atom is -0.271 e. The van der Waals surface area contributed by atoms with Gasteiger partial charge in [-0.05, 0) is 31.7 Å². The number of hydrogen-bond donors (Lipinski definition) is 0. The predicted molar refractivity (Wildman–Crippen MR) is 77.3 cm³/mol. The maximum atomic E-state index is 9.09. The summed E-state index contributed by atoms with van der Waals surface area (Å²) in [6.07, 6.45) is 6.83. The van der Waals surface area contributed by atoms with E-state index in [-0.39, 0.29) is 0 Å². The molecule has 0 fully saturated rings. The van der Waals surface area contributed by atoms with Gasteiger partial charge < -0.3 is 0 Å². The molecule has 5 heteroatoms. The largest absolute Gasteiger partial charge is 0.271 e. The molecule has 0 bridgehead atoms. The minimum absolute atomic E-state index is 0.321. The molecule has 2 aromatic heterocycles. The van der Waals surface area contributed by atoms with Crippen LogP contribution in [-0.4, -0.2) is 19.6 Å². The maximum Gasteiger partial charge on any atom is 0.165 e. The molecule has 0 aromatic carbocycles. The summed E-state index contributed by atoms with van der Waals surface area (Å²) in [5.41, 5.74) is 2.75. The third-order valence-corrected chi connectivity index (χ3v) is 3.33. The van der Waals surface area contributed by atoms with E-state index >= 15 is 0 Å². The second-order valence-corrected chi connectivity index (χ2v) is 5.63. The molecule has 0 aliphatic heterocycles. The molecule has 2 aromatic rings. The van der Waals surface area contributed by atoms with E-state index in [2.05, 4.69) is 50.2 Å². The van der Waals surface area contributed by atoms with Gasteiger partial charge in [-0.25, -0.2) is 0 Å². The summed E-state index contributed by atoms with van der Waals surface area (Å²) in [5, 5.41) is 17.8. The summed E-state index contributed by atoms with van der Waals surface area (Å²) in [6, 6.07) is 2.55. The number of aromatic nitrogens is 4. The fourth-order valence-corrected chi connectivity index (χ4v) is 2.09. The van der Waals surface area contributed by atoms with Crippen LogP contribution in [0.2, 0.25) is 0 Å². The Morgan fingerprint density at radius 1 is 1.25 bits per heavy atom. The lowest BCUT2D eigenvalue weighted by molar-refractivity contribution is 0.531. The molecular formula is C15H21N5. The monoisotopic (exact) mass is 271 g/mol. The molecule has 2 rings (SSSR count). The van der Waals surface area contributed by atoms with Crippen LogP contribution in [0.25, 0.3) is 0 Å². The van der Waals surface area contributed by atoms with Crippen LogP contribution >= 0.6 is 0 Å². The van der Waals surface area contributed by atoms with Gasteiger partial charge in [0.25, 0.3) is 0 Å².